The molecule has 138 valence electrons. The van der Waals surface area contributed by atoms with Crippen molar-refractivity contribution in [2.45, 2.75) is 56.4 Å². The van der Waals surface area contributed by atoms with Gasteiger partial charge in [-0.3, -0.25) is 4.79 Å². The number of benzene rings is 1. The number of carbonyl (C=O) groups is 1. The molecule has 1 aliphatic carbocycles. The molecule has 1 saturated carbocycles. The zero-order valence-electron chi connectivity index (χ0n) is 14.9. The summed E-state index contributed by atoms with van der Waals surface area (Å²) in [6, 6.07) is 5.04. The normalized spacial score (nSPS) is 26.5. The molecule has 2 aliphatic rings. The number of sulfonamides is 1. The van der Waals surface area contributed by atoms with Gasteiger partial charge in [0.1, 0.15) is 0 Å². The highest BCUT2D eigenvalue weighted by atomic mass is 32.2. The first-order valence-corrected chi connectivity index (χ1v) is 10.5. The van der Waals surface area contributed by atoms with Crippen molar-refractivity contribution in [1.82, 2.24) is 4.72 Å². The maximum absolute atomic E-state index is 13.1. The van der Waals surface area contributed by atoms with E-state index in [2.05, 4.69) is 4.72 Å². The molecule has 0 aromatic heterocycles. The molecule has 1 aromatic carbocycles. The Labute approximate surface area is 149 Å². The van der Waals surface area contributed by atoms with Crippen molar-refractivity contribution in [2.75, 3.05) is 18.0 Å². The van der Waals surface area contributed by atoms with Gasteiger partial charge >= 0.3 is 0 Å². The van der Waals surface area contributed by atoms with Crippen LogP contribution in [0.2, 0.25) is 0 Å². The van der Waals surface area contributed by atoms with Crippen molar-refractivity contribution in [3.8, 4) is 0 Å². The van der Waals surface area contributed by atoms with Crippen molar-refractivity contribution in [3.05, 3.63) is 23.8 Å². The van der Waals surface area contributed by atoms with Crippen LogP contribution in [0.25, 0.3) is 0 Å². The number of carbonyl (C=O) groups excluding carboxylic acids is 1. The Hall–Kier alpha value is -1.44. The van der Waals surface area contributed by atoms with Gasteiger partial charge in [-0.25, -0.2) is 13.1 Å². The number of anilines is 1. The molecule has 0 bridgehead atoms. The van der Waals surface area contributed by atoms with Crippen LogP contribution < -0.4 is 15.4 Å². The average Bonchev–Trinajstić information content (AvgIpc) is 2.97. The van der Waals surface area contributed by atoms with Crippen molar-refractivity contribution in [3.63, 3.8) is 0 Å². The lowest BCUT2D eigenvalue weighted by Crippen LogP contribution is -2.53. The van der Waals surface area contributed by atoms with Gasteiger partial charge in [0.15, 0.2) is 0 Å². The molecule has 1 fully saturated rings. The zero-order chi connectivity index (χ0) is 18.2. The maximum atomic E-state index is 13.1. The lowest BCUT2D eigenvalue weighted by Gasteiger charge is -2.39. The molecule has 1 aromatic rings. The predicted octanol–water partition coefficient (Wildman–Crippen LogP) is 1.78. The molecule has 2 atom stereocenters. The first-order chi connectivity index (χ1) is 11.8. The first-order valence-electron chi connectivity index (χ1n) is 8.99. The number of fused-ring (bicyclic) bond motifs is 1. The summed E-state index contributed by atoms with van der Waals surface area (Å²) >= 11 is 0. The van der Waals surface area contributed by atoms with Crippen LogP contribution in [0, 0.1) is 5.92 Å². The third-order valence-corrected chi connectivity index (χ3v) is 6.96. The van der Waals surface area contributed by atoms with Crippen LogP contribution in [0.1, 0.15) is 45.1 Å². The first kappa shape index (κ1) is 18.4. The Bertz CT molecular complexity index is 774. The molecule has 25 heavy (non-hydrogen) atoms. The van der Waals surface area contributed by atoms with Crippen LogP contribution in [-0.2, 0) is 21.2 Å². The monoisotopic (exact) mass is 365 g/mol. The van der Waals surface area contributed by atoms with Crippen molar-refractivity contribution in [1.29, 1.82) is 0 Å². The minimum Gasteiger partial charge on any atom is -0.325 e. The Kier molecular flexibility index (Phi) is 4.92. The van der Waals surface area contributed by atoms with E-state index in [-0.39, 0.29) is 16.7 Å². The maximum Gasteiger partial charge on any atom is 0.240 e. The van der Waals surface area contributed by atoms with Crippen LogP contribution >= 0.6 is 0 Å². The fraction of sp³-hybridized carbons (Fsp3) is 0.611. The van der Waals surface area contributed by atoms with E-state index in [1.54, 1.807) is 24.0 Å². The predicted molar refractivity (Wildman–Crippen MR) is 97.9 cm³/mol. The second-order valence-electron chi connectivity index (χ2n) is 7.34. The third kappa shape index (κ3) is 3.45. The second-order valence-corrected chi connectivity index (χ2v) is 9.10. The van der Waals surface area contributed by atoms with Gasteiger partial charge in [-0.05, 0) is 43.9 Å². The van der Waals surface area contributed by atoms with Gasteiger partial charge in [0.05, 0.1) is 10.8 Å². The number of amides is 1. The van der Waals surface area contributed by atoms with Crippen LogP contribution in [0.4, 0.5) is 5.69 Å². The highest BCUT2D eigenvalue weighted by molar-refractivity contribution is 7.89. The van der Waals surface area contributed by atoms with E-state index in [0.29, 0.717) is 18.8 Å². The second kappa shape index (κ2) is 6.70. The Morgan fingerprint density at radius 2 is 2.16 bits per heavy atom. The molecule has 2 unspecified atom stereocenters. The van der Waals surface area contributed by atoms with E-state index < -0.39 is 15.6 Å². The summed E-state index contributed by atoms with van der Waals surface area (Å²) in [6.07, 6.45) is 4.46. The van der Waals surface area contributed by atoms with E-state index in [4.69, 9.17) is 5.73 Å². The standard InChI is InChI=1S/C18H27N3O3S/c1-3-20-25(23,24)14-8-7-13-9-11-21(16(13)12-14)17(22)15-6-4-5-10-18(15,2)19/h7-8,12,15,20H,3-6,9-11,19H2,1-2H3. The number of nitrogens with zero attached hydrogens (tertiary/aromatic N) is 1. The van der Waals surface area contributed by atoms with Crippen LogP contribution in [0.5, 0.6) is 0 Å². The van der Waals surface area contributed by atoms with Gasteiger partial charge in [0.2, 0.25) is 15.9 Å². The SMILES string of the molecule is CCNS(=O)(=O)c1ccc2c(c1)N(C(=O)C1CCCCC1(C)N)CC2. The van der Waals surface area contributed by atoms with E-state index >= 15 is 0 Å². The lowest BCUT2D eigenvalue weighted by molar-refractivity contribution is -0.125. The molecular weight excluding hydrogens is 338 g/mol. The highest BCUT2D eigenvalue weighted by Crippen LogP contribution is 2.37. The third-order valence-electron chi connectivity index (χ3n) is 5.42. The summed E-state index contributed by atoms with van der Waals surface area (Å²) in [7, 11) is -3.54. The summed E-state index contributed by atoms with van der Waals surface area (Å²) in [5.74, 6) is -0.178. The number of hydrogen-bond acceptors (Lipinski definition) is 4. The Morgan fingerprint density at radius 1 is 1.40 bits per heavy atom. The summed E-state index contributed by atoms with van der Waals surface area (Å²) in [5, 5.41) is 0. The number of nitrogens with one attached hydrogen (secondary N) is 1. The van der Waals surface area contributed by atoms with Gasteiger partial charge in [-0.1, -0.05) is 25.8 Å². The number of rotatable bonds is 4. The lowest BCUT2D eigenvalue weighted by atomic mass is 9.74. The molecule has 0 radical (unpaired) electrons. The Balaban J connectivity index is 1.92. The van der Waals surface area contributed by atoms with E-state index in [9.17, 15) is 13.2 Å². The van der Waals surface area contributed by atoms with Gasteiger partial charge in [-0.2, -0.15) is 0 Å². The largest absolute Gasteiger partial charge is 0.325 e. The summed E-state index contributed by atoms with van der Waals surface area (Å²) in [4.78, 5) is 15.1. The molecule has 3 N–H and O–H groups in total. The molecule has 1 amide bonds. The fourth-order valence-electron chi connectivity index (χ4n) is 3.98. The minimum atomic E-state index is -3.54. The van der Waals surface area contributed by atoms with Crippen molar-refractivity contribution in [2.24, 2.45) is 11.7 Å². The summed E-state index contributed by atoms with van der Waals surface area (Å²) < 4.78 is 27.1. The number of nitrogens with two attached hydrogens (primary N) is 1. The van der Waals surface area contributed by atoms with Crippen molar-refractivity contribution < 1.29 is 13.2 Å². The zero-order valence-corrected chi connectivity index (χ0v) is 15.7. The topological polar surface area (TPSA) is 92.5 Å². The fourth-order valence-corrected chi connectivity index (χ4v) is 5.04. The molecule has 0 saturated heterocycles. The molecule has 0 spiro atoms. The minimum absolute atomic E-state index is 0.0291. The van der Waals surface area contributed by atoms with Crippen LogP contribution in [0.15, 0.2) is 23.1 Å². The molecule has 1 aliphatic heterocycles. The quantitative estimate of drug-likeness (QED) is 0.851. The van der Waals surface area contributed by atoms with Gasteiger partial charge in [0.25, 0.3) is 0 Å². The van der Waals surface area contributed by atoms with Gasteiger partial charge in [-0.15, -0.1) is 0 Å². The molecule has 1 heterocycles. The average molecular weight is 365 g/mol. The van der Waals surface area contributed by atoms with Crippen LogP contribution in [0.3, 0.4) is 0 Å². The molecular formula is C18H27N3O3S. The van der Waals surface area contributed by atoms with E-state index in [1.165, 1.54) is 0 Å². The Morgan fingerprint density at radius 3 is 2.84 bits per heavy atom. The summed E-state index contributed by atoms with van der Waals surface area (Å²) in [5.41, 5.74) is 7.63. The van der Waals surface area contributed by atoms with E-state index in [1.807, 2.05) is 13.0 Å². The van der Waals surface area contributed by atoms with E-state index in [0.717, 1.165) is 37.7 Å². The molecule has 7 heteroatoms. The van der Waals surface area contributed by atoms with Crippen molar-refractivity contribution >= 4 is 21.6 Å². The highest BCUT2D eigenvalue weighted by Gasteiger charge is 2.41. The van der Waals surface area contributed by atoms with Crippen LogP contribution in [-0.4, -0.2) is 33.0 Å². The smallest absolute Gasteiger partial charge is 0.240 e. The van der Waals surface area contributed by atoms with Gasteiger partial charge in [0, 0.05) is 24.3 Å². The number of hydrogen-bond donors (Lipinski definition) is 2. The summed E-state index contributed by atoms with van der Waals surface area (Å²) in [6.45, 7) is 4.62. The van der Waals surface area contributed by atoms with Gasteiger partial charge < -0.3 is 10.6 Å². The molecule has 6 nitrogen and oxygen atoms in total. The molecule has 3 rings (SSSR count).